The number of hydrogen-bond donors (Lipinski definition) is 0. The molecule has 2 aromatic carbocycles. The summed E-state index contributed by atoms with van der Waals surface area (Å²) in [6, 6.07) is 16.5. The van der Waals surface area contributed by atoms with Crippen LogP contribution in [0.1, 0.15) is 11.1 Å². The van der Waals surface area contributed by atoms with Crippen LogP contribution in [-0.4, -0.2) is 0 Å². The Morgan fingerprint density at radius 1 is 0.647 bits per heavy atom. The Morgan fingerprint density at radius 3 is 1.65 bits per heavy atom. The van der Waals surface area contributed by atoms with Crippen LogP contribution in [0.5, 0.6) is 0 Å². The molecule has 0 fully saturated rings. The van der Waals surface area contributed by atoms with Crippen LogP contribution in [0.2, 0.25) is 0 Å². The highest BCUT2D eigenvalue weighted by molar-refractivity contribution is 9.10. The van der Waals surface area contributed by atoms with E-state index in [2.05, 4.69) is 74.7 Å². The Balaban J connectivity index is 1.97. The first kappa shape index (κ1) is 12.6. The van der Waals surface area contributed by atoms with E-state index >= 15 is 0 Å². The highest BCUT2D eigenvalue weighted by Gasteiger charge is 1.91. The molecule has 0 aliphatic rings. The van der Waals surface area contributed by atoms with Crippen molar-refractivity contribution in [3.05, 3.63) is 81.1 Å². The number of halogens is 2. The van der Waals surface area contributed by atoms with Crippen molar-refractivity contribution in [1.29, 1.82) is 0 Å². The first-order valence-corrected chi connectivity index (χ1v) is 6.85. The second-order valence-electron chi connectivity index (χ2n) is 3.63. The van der Waals surface area contributed by atoms with Crippen molar-refractivity contribution in [2.75, 3.05) is 0 Å². The fourth-order valence-electron chi connectivity index (χ4n) is 1.42. The zero-order chi connectivity index (χ0) is 12.1. The van der Waals surface area contributed by atoms with Gasteiger partial charge in [-0.3, -0.25) is 0 Å². The monoisotopic (exact) mass is 349 g/mol. The number of allylic oxidation sites excluding steroid dienone is 1. The quantitative estimate of drug-likeness (QED) is 0.687. The van der Waals surface area contributed by atoms with Crippen molar-refractivity contribution in [3.8, 4) is 0 Å². The van der Waals surface area contributed by atoms with Crippen LogP contribution in [0.3, 0.4) is 0 Å². The number of benzene rings is 2. The van der Waals surface area contributed by atoms with Crippen molar-refractivity contribution < 1.29 is 0 Å². The van der Waals surface area contributed by atoms with E-state index in [-0.39, 0.29) is 0 Å². The topological polar surface area (TPSA) is 0 Å². The highest BCUT2D eigenvalue weighted by atomic mass is 79.9. The molecule has 0 aromatic heterocycles. The average molecular weight is 351 g/mol. The van der Waals surface area contributed by atoms with Gasteiger partial charge in [0.15, 0.2) is 0 Å². The highest BCUT2D eigenvalue weighted by Crippen LogP contribution is 2.14. The zero-order valence-corrected chi connectivity index (χ0v) is 12.3. The molecule has 0 saturated carbocycles. The van der Waals surface area contributed by atoms with Gasteiger partial charge in [0.1, 0.15) is 0 Å². The lowest BCUT2D eigenvalue weighted by molar-refractivity contribution is 1.50. The summed E-state index contributed by atoms with van der Waals surface area (Å²) in [6.45, 7) is 0. The Hall–Kier alpha value is -0.860. The van der Waals surface area contributed by atoms with Gasteiger partial charge in [0.25, 0.3) is 0 Å². The van der Waals surface area contributed by atoms with E-state index in [0.717, 1.165) is 8.95 Å². The molecular formula is C15H11Br2. The lowest BCUT2D eigenvalue weighted by atomic mass is 10.1. The Labute approximate surface area is 119 Å². The third-order valence-corrected chi connectivity index (χ3v) is 3.37. The van der Waals surface area contributed by atoms with Crippen LogP contribution < -0.4 is 0 Å². The molecule has 0 aliphatic heterocycles. The van der Waals surface area contributed by atoms with Gasteiger partial charge in [-0.15, -0.1) is 0 Å². The second-order valence-corrected chi connectivity index (χ2v) is 5.46. The Morgan fingerprint density at radius 2 is 1.12 bits per heavy atom. The van der Waals surface area contributed by atoms with Gasteiger partial charge in [0.2, 0.25) is 0 Å². The third-order valence-electron chi connectivity index (χ3n) is 2.32. The molecule has 2 rings (SSSR count). The molecule has 0 aliphatic carbocycles. The lowest BCUT2D eigenvalue weighted by Gasteiger charge is -1.96. The number of rotatable bonds is 3. The maximum Gasteiger partial charge on any atom is 0.0175 e. The maximum atomic E-state index is 3.42. The largest absolute Gasteiger partial charge is 0.0755 e. The van der Waals surface area contributed by atoms with Crippen LogP contribution in [0, 0.1) is 6.42 Å². The number of hydrogen-bond acceptors (Lipinski definition) is 0. The molecule has 2 heteroatoms. The van der Waals surface area contributed by atoms with E-state index in [1.807, 2.05) is 24.3 Å². The van der Waals surface area contributed by atoms with Gasteiger partial charge in [-0.25, -0.2) is 0 Å². The summed E-state index contributed by atoms with van der Waals surface area (Å²) < 4.78 is 2.21. The van der Waals surface area contributed by atoms with E-state index in [0.29, 0.717) is 0 Å². The molecule has 0 unspecified atom stereocenters. The summed E-state index contributed by atoms with van der Waals surface area (Å²) in [4.78, 5) is 0. The maximum absolute atomic E-state index is 3.42. The predicted octanol–water partition coefficient (Wildman–Crippen LogP) is 5.48. The molecule has 2 aromatic rings. The minimum absolute atomic E-state index is 1.10. The van der Waals surface area contributed by atoms with Gasteiger partial charge in [0.05, 0.1) is 0 Å². The predicted molar refractivity (Wildman–Crippen MR) is 80.7 cm³/mol. The summed E-state index contributed by atoms with van der Waals surface area (Å²) in [5.74, 6) is 0. The van der Waals surface area contributed by atoms with Crippen LogP contribution in [0.4, 0.5) is 0 Å². The van der Waals surface area contributed by atoms with Gasteiger partial charge < -0.3 is 0 Å². The van der Waals surface area contributed by atoms with E-state index < -0.39 is 0 Å². The van der Waals surface area contributed by atoms with Gasteiger partial charge in [-0.1, -0.05) is 68.3 Å². The molecule has 0 spiro atoms. The van der Waals surface area contributed by atoms with Crippen LogP contribution in [-0.2, 0) is 0 Å². The van der Waals surface area contributed by atoms with E-state index in [1.54, 1.807) is 0 Å². The summed E-state index contributed by atoms with van der Waals surface area (Å²) in [5.41, 5.74) is 2.39. The normalized spacial score (nSPS) is 10.9. The minimum Gasteiger partial charge on any atom is -0.0755 e. The summed E-state index contributed by atoms with van der Waals surface area (Å²) >= 11 is 6.84. The summed E-state index contributed by atoms with van der Waals surface area (Å²) in [7, 11) is 0. The van der Waals surface area contributed by atoms with Crippen molar-refractivity contribution in [2.24, 2.45) is 0 Å². The molecule has 0 saturated heterocycles. The molecule has 0 amide bonds. The van der Waals surface area contributed by atoms with Crippen molar-refractivity contribution in [2.45, 2.75) is 0 Å². The third kappa shape index (κ3) is 4.14. The van der Waals surface area contributed by atoms with Crippen LogP contribution >= 0.6 is 31.9 Å². The van der Waals surface area contributed by atoms with E-state index in [4.69, 9.17) is 0 Å². The molecule has 0 N–H and O–H groups in total. The molecule has 0 heterocycles. The SMILES string of the molecule is Brc1ccc([CH]/C=C/c2ccc(Br)cc2)cc1. The van der Waals surface area contributed by atoms with Crippen LogP contribution in [0.25, 0.3) is 6.08 Å². The zero-order valence-electron chi connectivity index (χ0n) is 9.11. The summed E-state index contributed by atoms with van der Waals surface area (Å²) in [5, 5.41) is 0. The first-order valence-electron chi connectivity index (χ1n) is 5.26. The first-order chi connectivity index (χ1) is 8.24. The Kier molecular flexibility index (Phi) is 4.57. The fourth-order valence-corrected chi connectivity index (χ4v) is 1.95. The molecule has 85 valence electrons. The van der Waals surface area contributed by atoms with Crippen molar-refractivity contribution in [3.63, 3.8) is 0 Å². The summed E-state index contributed by atoms with van der Waals surface area (Å²) in [6.07, 6.45) is 6.25. The smallest absolute Gasteiger partial charge is 0.0175 e. The van der Waals surface area contributed by atoms with Crippen molar-refractivity contribution in [1.82, 2.24) is 0 Å². The molecule has 1 radical (unpaired) electrons. The second kappa shape index (κ2) is 6.18. The van der Waals surface area contributed by atoms with Crippen LogP contribution in [0.15, 0.2) is 63.6 Å². The van der Waals surface area contributed by atoms with Gasteiger partial charge in [-0.2, -0.15) is 0 Å². The fraction of sp³-hybridized carbons (Fsp3) is 0. The van der Waals surface area contributed by atoms with E-state index in [1.165, 1.54) is 11.1 Å². The lowest BCUT2D eigenvalue weighted by Crippen LogP contribution is -1.77. The molecule has 17 heavy (non-hydrogen) atoms. The van der Waals surface area contributed by atoms with E-state index in [9.17, 15) is 0 Å². The van der Waals surface area contributed by atoms with Gasteiger partial charge in [-0.05, 0) is 35.4 Å². The van der Waals surface area contributed by atoms with Gasteiger partial charge in [0, 0.05) is 15.4 Å². The average Bonchev–Trinajstić information content (AvgIpc) is 2.34. The molecular weight excluding hydrogens is 340 g/mol. The molecule has 0 atom stereocenters. The molecule has 0 nitrogen and oxygen atoms in total. The van der Waals surface area contributed by atoms with Gasteiger partial charge >= 0.3 is 0 Å². The van der Waals surface area contributed by atoms with Crippen molar-refractivity contribution >= 4 is 37.9 Å². The standard InChI is InChI=1S/C15H11Br2/c16-14-8-4-12(5-9-14)2-1-3-13-6-10-15(17)11-7-13/h1-11H/b2-1+. The minimum atomic E-state index is 1.10. The Bertz CT molecular complexity index is 495. The molecule has 0 bridgehead atoms.